The smallest absolute Gasteiger partial charge is 0.326 e. The second kappa shape index (κ2) is 9.62. The van der Waals surface area contributed by atoms with E-state index in [1.165, 1.54) is 16.8 Å². The minimum absolute atomic E-state index is 0.0823. The fourth-order valence-electron chi connectivity index (χ4n) is 4.25. The lowest BCUT2D eigenvalue weighted by atomic mass is 10.0. The van der Waals surface area contributed by atoms with E-state index in [1.54, 1.807) is 12.3 Å². The van der Waals surface area contributed by atoms with Crippen molar-refractivity contribution in [2.24, 2.45) is 5.92 Å². The molecule has 180 valence electrons. The van der Waals surface area contributed by atoms with Gasteiger partial charge in [0.1, 0.15) is 29.2 Å². The van der Waals surface area contributed by atoms with Crippen molar-refractivity contribution >= 4 is 29.2 Å². The molecule has 1 saturated heterocycles. The Morgan fingerprint density at radius 3 is 2.79 bits per heavy atom. The Balaban J connectivity index is 1.57. The molecule has 3 heterocycles. The molecule has 2 atom stereocenters. The van der Waals surface area contributed by atoms with Gasteiger partial charge in [0.2, 0.25) is 0 Å². The lowest BCUT2D eigenvalue weighted by Crippen LogP contribution is -2.43. The minimum Gasteiger partial charge on any atom is -0.480 e. The average molecular weight is 472 g/mol. The number of rotatable bonds is 7. The number of nitrogens with zero attached hydrogens (tertiary/aromatic N) is 4. The summed E-state index contributed by atoms with van der Waals surface area (Å²) in [5, 5.41) is 18.6. The average Bonchev–Trinajstić information content (AvgIpc) is 3.41. The van der Waals surface area contributed by atoms with Gasteiger partial charge in [-0.1, -0.05) is 13.8 Å². The number of carbonyl (C=O) groups is 2. The van der Waals surface area contributed by atoms with Gasteiger partial charge in [0.05, 0.1) is 12.2 Å². The molecule has 0 aliphatic carbocycles. The van der Waals surface area contributed by atoms with E-state index in [0.717, 1.165) is 18.6 Å². The highest BCUT2D eigenvalue weighted by molar-refractivity contribution is 5.95. The monoisotopic (exact) mass is 472 g/mol. The van der Waals surface area contributed by atoms with Crippen molar-refractivity contribution in [1.82, 2.24) is 19.9 Å². The number of urea groups is 1. The van der Waals surface area contributed by atoms with Crippen LogP contribution in [0.2, 0.25) is 0 Å². The molecule has 11 heteroatoms. The summed E-state index contributed by atoms with van der Waals surface area (Å²) in [4.78, 5) is 30.4. The van der Waals surface area contributed by atoms with Crippen LogP contribution in [0.15, 0.2) is 36.7 Å². The SMILES string of the molecule is CC(C)C[C@H](NC(=O)Nc1cnn2ccc(N3CCC[C@@H]3c3cc(F)ccc3F)nc12)C(=O)O. The molecule has 3 aromatic rings. The summed E-state index contributed by atoms with van der Waals surface area (Å²) in [5.74, 6) is -1.48. The van der Waals surface area contributed by atoms with Crippen LogP contribution in [0.5, 0.6) is 0 Å². The van der Waals surface area contributed by atoms with Crippen molar-refractivity contribution in [1.29, 1.82) is 0 Å². The number of amides is 2. The van der Waals surface area contributed by atoms with Crippen LogP contribution < -0.4 is 15.5 Å². The zero-order valence-corrected chi connectivity index (χ0v) is 18.8. The van der Waals surface area contributed by atoms with Gasteiger partial charge >= 0.3 is 12.0 Å². The van der Waals surface area contributed by atoms with Gasteiger partial charge in [-0.2, -0.15) is 5.10 Å². The van der Waals surface area contributed by atoms with Crippen molar-refractivity contribution in [2.75, 3.05) is 16.8 Å². The summed E-state index contributed by atoms with van der Waals surface area (Å²) in [6, 6.07) is 3.06. The maximum absolute atomic E-state index is 14.4. The zero-order valence-electron chi connectivity index (χ0n) is 18.8. The quantitative estimate of drug-likeness (QED) is 0.480. The summed E-state index contributed by atoms with van der Waals surface area (Å²) in [5.41, 5.74) is 0.907. The third kappa shape index (κ3) is 4.92. The number of fused-ring (bicyclic) bond motifs is 1. The maximum atomic E-state index is 14.4. The zero-order chi connectivity index (χ0) is 24.4. The molecule has 1 aliphatic rings. The normalized spacial score (nSPS) is 16.7. The highest BCUT2D eigenvalue weighted by atomic mass is 19.1. The standard InChI is InChI=1S/C23H26F2N6O3/c1-13(2)10-17(22(32)33)27-23(34)28-18-12-26-31-9-7-20(29-21(18)31)30-8-3-4-19(30)15-11-14(24)5-6-16(15)25/h5-7,9,11-13,17,19H,3-4,8,10H2,1-2H3,(H,32,33)(H2,27,28,34)/t17-,19+/m0/s1. The van der Waals surface area contributed by atoms with Crippen molar-refractivity contribution in [2.45, 2.75) is 45.2 Å². The molecule has 2 aromatic heterocycles. The van der Waals surface area contributed by atoms with Crippen LogP contribution in [0, 0.1) is 17.6 Å². The van der Waals surface area contributed by atoms with E-state index >= 15 is 0 Å². The number of nitrogens with one attached hydrogen (secondary N) is 2. The first-order valence-electron chi connectivity index (χ1n) is 11.1. The number of halogens is 2. The van der Waals surface area contributed by atoms with E-state index in [2.05, 4.69) is 20.7 Å². The summed E-state index contributed by atoms with van der Waals surface area (Å²) >= 11 is 0. The van der Waals surface area contributed by atoms with Crippen LogP contribution in [0.4, 0.5) is 25.1 Å². The lowest BCUT2D eigenvalue weighted by molar-refractivity contribution is -0.139. The van der Waals surface area contributed by atoms with Gasteiger partial charge in [-0.3, -0.25) is 0 Å². The molecular formula is C23H26F2N6O3. The molecule has 0 bridgehead atoms. The van der Waals surface area contributed by atoms with Crippen LogP contribution in [-0.2, 0) is 4.79 Å². The van der Waals surface area contributed by atoms with Crippen molar-refractivity contribution in [3.8, 4) is 0 Å². The molecule has 9 nitrogen and oxygen atoms in total. The number of aromatic nitrogens is 3. The van der Waals surface area contributed by atoms with Gasteiger partial charge in [0.25, 0.3) is 0 Å². The maximum Gasteiger partial charge on any atom is 0.326 e. The fraction of sp³-hybridized carbons (Fsp3) is 0.391. The van der Waals surface area contributed by atoms with E-state index in [-0.39, 0.29) is 23.9 Å². The number of carbonyl (C=O) groups excluding carboxylic acids is 1. The Labute approximate surface area is 194 Å². The van der Waals surface area contributed by atoms with Gasteiger partial charge in [-0.05, 0) is 49.4 Å². The predicted molar refractivity (Wildman–Crippen MR) is 122 cm³/mol. The number of aliphatic carboxylic acids is 1. The number of hydrogen-bond acceptors (Lipinski definition) is 5. The Bertz CT molecular complexity index is 1210. The third-order valence-electron chi connectivity index (χ3n) is 5.78. The van der Waals surface area contributed by atoms with Crippen LogP contribution in [0.1, 0.15) is 44.7 Å². The molecule has 0 spiro atoms. The molecule has 1 fully saturated rings. The first-order valence-corrected chi connectivity index (χ1v) is 11.1. The number of carboxylic acids is 1. The summed E-state index contributed by atoms with van der Waals surface area (Å²) in [6.07, 6.45) is 4.79. The number of anilines is 2. The van der Waals surface area contributed by atoms with Crippen molar-refractivity contribution in [3.63, 3.8) is 0 Å². The predicted octanol–water partition coefficient (Wildman–Crippen LogP) is 3.97. The van der Waals surface area contributed by atoms with Crippen molar-refractivity contribution in [3.05, 3.63) is 53.9 Å². The first-order chi connectivity index (χ1) is 16.2. The Morgan fingerprint density at radius 2 is 2.06 bits per heavy atom. The van der Waals surface area contributed by atoms with Crippen molar-refractivity contribution < 1.29 is 23.5 Å². The number of hydrogen-bond donors (Lipinski definition) is 3. The summed E-state index contributed by atoms with van der Waals surface area (Å²) < 4.78 is 29.7. The Kier molecular flexibility index (Phi) is 6.62. The molecular weight excluding hydrogens is 446 g/mol. The van der Waals surface area contributed by atoms with E-state index < -0.39 is 29.7 Å². The molecule has 4 rings (SSSR count). The molecule has 0 unspecified atom stereocenters. The second-order valence-corrected chi connectivity index (χ2v) is 8.75. The van der Waals surface area contributed by atoms with Gasteiger partial charge in [-0.15, -0.1) is 0 Å². The van der Waals surface area contributed by atoms with Gasteiger partial charge < -0.3 is 20.6 Å². The molecule has 0 radical (unpaired) electrons. The topological polar surface area (TPSA) is 112 Å². The third-order valence-corrected chi connectivity index (χ3v) is 5.78. The molecule has 3 N–H and O–H groups in total. The van der Waals surface area contributed by atoms with Crippen LogP contribution in [0.3, 0.4) is 0 Å². The van der Waals surface area contributed by atoms with E-state index in [4.69, 9.17) is 0 Å². The summed E-state index contributed by atoms with van der Waals surface area (Å²) in [6.45, 7) is 4.35. The number of benzene rings is 1. The minimum atomic E-state index is -1.12. The largest absolute Gasteiger partial charge is 0.480 e. The summed E-state index contributed by atoms with van der Waals surface area (Å²) in [7, 11) is 0. The fourth-order valence-corrected chi connectivity index (χ4v) is 4.25. The van der Waals surface area contributed by atoms with E-state index in [1.807, 2.05) is 18.7 Å². The first kappa shape index (κ1) is 23.4. The van der Waals surface area contributed by atoms with Crippen LogP contribution in [0.25, 0.3) is 5.65 Å². The molecule has 0 saturated carbocycles. The molecule has 1 aliphatic heterocycles. The molecule has 1 aromatic carbocycles. The lowest BCUT2D eigenvalue weighted by Gasteiger charge is -2.26. The highest BCUT2D eigenvalue weighted by Gasteiger charge is 2.30. The molecule has 2 amide bonds. The van der Waals surface area contributed by atoms with Gasteiger partial charge in [0, 0.05) is 18.3 Å². The van der Waals surface area contributed by atoms with E-state index in [0.29, 0.717) is 30.1 Å². The van der Waals surface area contributed by atoms with Gasteiger partial charge in [0.15, 0.2) is 5.65 Å². The Morgan fingerprint density at radius 1 is 1.26 bits per heavy atom. The Hall–Kier alpha value is -3.76. The van der Waals surface area contributed by atoms with E-state index in [9.17, 15) is 23.5 Å². The van der Waals surface area contributed by atoms with Crippen LogP contribution in [-0.4, -0.2) is 44.3 Å². The highest BCUT2D eigenvalue weighted by Crippen LogP contribution is 2.37. The number of carboxylic acid groups (broad SMARTS) is 1. The molecule has 34 heavy (non-hydrogen) atoms. The second-order valence-electron chi connectivity index (χ2n) is 8.75. The van der Waals surface area contributed by atoms with Crippen LogP contribution >= 0.6 is 0 Å². The van der Waals surface area contributed by atoms with Gasteiger partial charge in [-0.25, -0.2) is 27.9 Å².